The summed E-state index contributed by atoms with van der Waals surface area (Å²) in [6.45, 7) is 11.4. The number of rotatable bonds is 12. The fraction of sp³-hybridized carbons (Fsp3) is 0.229. The Morgan fingerprint density at radius 2 is 1.78 bits per heavy atom. The van der Waals surface area contributed by atoms with Crippen LogP contribution in [0.2, 0.25) is 0 Å². The Morgan fingerprint density at radius 3 is 2.52 bits per heavy atom. The van der Waals surface area contributed by atoms with E-state index >= 15 is 0 Å². The average molecular weight is 641 g/mol. The Labute approximate surface area is 271 Å². The molecule has 2 N–H and O–H groups in total. The third-order valence-corrected chi connectivity index (χ3v) is 8.82. The van der Waals surface area contributed by atoms with Crippen molar-refractivity contribution < 1.29 is 23.8 Å². The van der Waals surface area contributed by atoms with Crippen LogP contribution < -0.4 is 25.2 Å². The zero-order valence-corrected chi connectivity index (χ0v) is 26.8. The van der Waals surface area contributed by atoms with Gasteiger partial charge in [-0.05, 0) is 55.6 Å². The number of likely N-dealkylation sites (N-methyl/N-ethyl adjacent to an activating group) is 1. The van der Waals surface area contributed by atoms with Crippen molar-refractivity contribution in [3.63, 3.8) is 0 Å². The topological polar surface area (TPSA) is 113 Å². The van der Waals surface area contributed by atoms with E-state index in [1.165, 1.54) is 24.8 Å². The number of carbonyl (C=O) groups is 2. The minimum Gasteiger partial charge on any atom is -0.497 e. The van der Waals surface area contributed by atoms with E-state index < -0.39 is 10.9 Å². The molecule has 11 heteroatoms. The third-order valence-electron chi connectivity index (χ3n) is 7.42. The van der Waals surface area contributed by atoms with Crippen LogP contribution in [-0.2, 0) is 19.3 Å². The van der Waals surface area contributed by atoms with Crippen molar-refractivity contribution in [2.45, 2.75) is 16.8 Å². The Balaban J connectivity index is 1.22. The highest BCUT2D eigenvalue weighted by molar-refractivity contribution is 8.00. The number of para-hydroxylation sites is 1. The number of nitrogens with one attached hydrogen (secondary N) is 2. The van der Waals surface area contributed by atoms with Gasteiger partial charge in [0.05, 0.1) is 18.5 Å². The number of pyridine rings is 1. The number of anilines is 1. The van der Waals surface area contributed by atoms with E-state index in [1.54, 1.807) is 31.4 Å². The summed E-state index contributed by atoms with van der Waals surface area (Å²) < 4.78 is 17.1. The second-order valence-electron chi connectivity index (χ2n) is 10.8. The lowest BCUT2D eigenvalue weighted by Gasteiger charge is -2.46. The molecule has 0 bridgehead atoms. The molecule has 10 nitrogen and oxygen atoms in total. The number of ether oxygens (including phenoxy) is 3. The molecule has 1 unspecified atom stereocenters. The van der Waals surface area contributed by atoms with Crippen molar-refractivity contribution in [1.29, 1.82) is 0 Å². The summed E-state index contributed by atoms with van der Waals surface area (Å²) in [6, 6.07) is 23.6. The first-order valence-electron chi connectivity index (χ1n) is 14.6. The van der Waals surface area contributed by atoms with Crippen molar-refractivity contribution in [2.75, 3.05) is 45.3 Å². The van der Waals surface area contributed by atoms with E-state index in [0.717, 1.165) is 27.2 Å². The molecule has 0 fully saturated rings. The van der Waals surface area contributed by atoms with Gasteiger partial charge in [0.25, 0.3) is 5.91 Å². The van der Waals surface area contributed by atoms with E-state index in [1.807, 2.05) is 65.4 Å². The Bertz CT molecular complexity index is 1840. The normalized spacial score (nSPS) is 15.7. The lowest BCUT2D eigenvalue weighted by molar-refractivity contribution is -0.147. The molecule has 3 aromatic carbocycles. The highest BCUT2D eigenvalue weighted by Crippen LogP contribution is 2.56. The SMILES string of the molecule is C=C(CN(C)CCNC(=O)COc1ccc2[nH]c(=O)ccc2c1)N1C(=C)C(OC(C)=O)(c2ccc(OC)cc2)Sc2ccccc21. The number of esters is 1. The maximum Gasteiger partial charge on any atom is 0.304 e. The van der Waals surface area contributed by atoms with Crippen LogP contribution in [0.15, 0.2) is 113 Å². The Morgan fingerprint density at radius 1 is 1.04 bits per heavy atom. The van der Waals surface area contributed by atoms with Gasteiger partial charge in [-0.3, -0.25) is 19.3 Å². The molecule has 1 atom stereocenters. The number of hydrogen-bond acceptors (Lipinski definition) is 9. The number of aromatic nitrogens is 1. The highest BCUT2D eigenvalue weighted by atomic mass is 32.2. The first kappa shape index (κ1) is 32.4. The molecule has 4 aromatic rings. The quantitative estimate of drug-likeness (QED) is 0.206. The standard InChI is InChI=1S/C35H36N4O6S/c1-23(21-38(4)19-18-36-34(42)22-44-29-15-16-30-26(20-29)10-17-33(41)37-30)39-24(2)35(45-25(3)40,27-11-13-28(43-5)14-12-27)46-32-9-7-6-8-31(32)39/h6-17,20H,1-2,18-19,21-22H2,3-5H3,(H,36,42)(H,37,41). The van der Waals surface area contributed by atoms with E-state index in [-0.39, 0.29) is 18.1 Å². The van der Waals surface area contributed by atoms with Crippen molar-refractivity contribution in [1.82, 2.24) is 15.2 Å². The number of amides is 1. The maximum absolute atomic E-state index is 12.5. The molecule has 0 saturated carbocycles. The summed E-state index contributed by atoms with van der Waals surface area (Å²) >= 11 is 1.42. The number of thioether (sulfide) groups is 1. The summed E-state index contributed by atoms with van der Waals surface area (Å²) in [5.74, 6) is 0.517. The van der Waals surface area contributed by atoms with Gasteiger partial charge in [0.15, 0.2) is 6.61 Å². The molecule has 0 aliphatic carbocycles. The van der Waals surface area contributed by atoms with Gasteiger partial charge in [-0.25, -0.2) is 0 Å². The molecule has 1 aromatic heterocycles. The van der Waals surface area contributed by atoms with Crippen LogP contribution in [0.3, 0.4) is 0 Å². The molecule has 0 spiro atoms. The number of hydrogen-bond donors (Lipinski definition) is 2. The maximum atomic E-state index is 12.5. The van der Waals surface area contributed by atoms with Gasteiger partial charge in [0.1, 0.15) is 11.5 Å². The van der Waals surface area contributed by atoms with Gasteiger partial charge < -0.3 is 29.4 Å². The molecule has 2 heterocycles. The zero-order valence-electron chi connectivity index (χ0n) is 26.0. The van der Waals surface area contributed by atoms with E-state index in [2.05, 4.69) is 23.5 Å². The largest absolute Gasteiger partial charge is 0.497 e. The monoisotopic (exact) mass is 640 g/mol. The van der Waals surface area contributed by atoms with Crippen LogP contribution in [-0.4, -0.2) is 62.2 Å². The third kappa shape index (κ3) is 7.11. The number of benzene rings is 3. The van der Waals surface area contributed by atoms with Crippen LogP contribution in [0, 0.1) is 0 Å². The minimum absolute atomic E-state index is 0.142. The van der Waals surface area contributed by atoms with Gasteiger partial charge in [-0.2, -0.15) is 0 Å². The summed E-state index contributed by atoms with van der Waals surface area (Å²) in [5.41, 5.74) is 3.41. The number of aromatic amines is 1. The fourth-order valence-electron chi connectivity index (χ4n) is 5.24. The number of methoxy groups -OCH3 is 1. The van der Waals surface area contributed by atoms with Crippen LogP contribution in [0.5, 0.6) is 11.5 Å². The second-order valence-corrected chi connectivity index (χ2v) is 12.0. The van der Waals surface area contributed by atoms with Gasteiger partial charge in [0.2, 0.25) is 10.5 Å². The Hall–Kier alpha value is -5.00. The van der Waals surface area contributed by atoms with E-state index in [0.29, 0.717) is 42.3 Å². The van der Waals surface area contributed by atoms with Gasteiger partial charge in [-0.1, -0.05) is 49.2 Å². The molecule has 1 amide bonds. The lowest BCUT2D eigenvalue weighted by Crippen LogP contribution is -2.44. The van der Waals surface area contributed by atoms with Gasteiger partial charge in [-0.15, -0.1) is 0 Å². The molecule has 5 rings (SSSR count). The summed E-state index contributed by atoms with van der Waals surface area (Å²) in [4.78, 5) is 42.9. The van der Waals surface area contributed by atoms with Crippen LogP contribution >= 0.6 is 11.8 Å². The number of fused-ring (bicyclic) bond motifs is 2. The number of H-pyrrole nitrogens is 1. The smallest absolute Gasteiger partial charge is 0.304 e. The van der Waals surface area contributed by atoms with Crippen molar-refractivity contribution >= 4 is 40.2 Å². The molecular weight excluding hydrogens is 604 g/mol. The molecular formula is C35H36N4O6S. The minimum atomic E-state index is -1.23. The summed E-state index contributed by atoms with van der Waals surface area (Å²) in [6.07, 6.45) is 0. The van der Waals surface area contributed by atoms with Crippen LogP contribution in [0.4, 0.5) is 5.69 Å². The number of nitrogens with zero attached hydrogens (tertiary/aromatic N) is 2. The molecule has 1 aliphatic heterocycles. The molecule has 46 heavy (non-hydrogen) atoms. The zero-order chi connectivity index (χ0) is 32.8. The predicted octanol–water partition coefficient (Wildman–Crippen LogP) is 5.02. The molecule has 238 valence electrons. The van der Waals surface area contributed by atoms with Gasteiger partial charge in [0, 0.05) is 59.7 Å². The van der Waals surface area contributed by atoms with Gasteiger partial charge >= 0.3 is 5.97 Å². The highest BCUT2D eigenvalue weighted by Gasteiger charge is 2.48. The average Bonchev–Trinajstić information content (AvgIpc) is 3.03. The van der Waals surface area contributed by atoms with Crippen molar-refractivity contribution in [3.8, 4) is 11.5 Å². The van der Waals surface area contributed by atoms with Crippen LogP contribution in [0.25, 0.3) is 10.9 Å². The Kier molecular flexibility index (Phi) is 9.84. The van der Waals surface area contributed by atoms with E-state index in [4.69, 9.17) is 14.2 Å². The van der Waals surface area contributed by atoms with Crippen molar-refractivity contribution in [3.05, 3.63) is 119 Å². The van der Waals surface area contributed by atoms with E-state index in [9.17, 15) is 14.4 Å². The molecule has 0 radical (unpaired) electrons. The fourth-order valence-corrected chi connectivity index (χ4v) is 6.58. The lowest BCUT2D eigenvalue weighted by atomic mass is 10.0. The molecule has 1 aliphatic rings. The summed E-state index contributed by atoms with van der Waals surface area (Å²) in [7, 11) is 3.53. The molecule has 0 saturated heterocycles. The van der Waals surface area contributed by atoms with Crippen molar-refractivity contribution in [2.24, 2.45) is 0 Å². The summed E-state index contributed by atoms with van der Waals surface area (Å²) in [5, 5.41) is 3.70. The van der Waals surface area contributed by atoms with Crippen LogP contribution in [0.1, 0.15) is 12.5 Å². The number of carbonyl (C=O) groups excluding carboxylic acids is 2. The second kappa shape index (κ2) is 14.0. The predicted molar refractivity (Wildman–Crippen MR) is 180 cm³/mol. The first-order chi connectivity index (χ1) is 22.1. The first-order valence-corrected chi connectivity index (χ1v) is 15.4.